The second-order valence-electron chi connectivity index (χ2n) is 3.56. The quantitative estimate of drug-likeness (QED) is 0.881. The normalized spacial score (nSPS) is 10.4. The molecule has 2 rings (SSSR count). The summed E-state index contributed by atoms with van der Waals surface area (Å²) in [6.45, 7) is 3.47. The van der Waals surface area contributed by atoms with Gasteiger partial charge in [-0.05, 0) is 18.6 Å². The van der Waals surface area contributed by atoms with Crippen molar-refractivity contribution in [3.63, 3.8) is 0 Å². The summed E-state index contributed by atoms with van der Waals surface area (Å²) >= 11 is 1.72. The molecule has 0 unspecified atom stereocenters. The Kier molecular flexibility index (Phi) is 3.91. The number of nitriles is 1. The predicted octanol–water partition coefficient (Wildman–Crippen LogP) is 2.46. The van der Waals surface area contributed by atoms with Gasteiger partial charge in [0.05, 0.1) is 6.54 Å². The lowest BCUT2D eigenvalue weighted by atomic mass is 10.4. The van der Waals surface area contributed by atoms with Crippen LogP contribution in [0.4, 0.5) is 0 Å². The summed E-state index contributed by atoms with van der Waals surface area (Å²) in [5.41, 5.74) is 0. The van der Waals surface area contributed by atoms with Gasteiger partial charge in [-0.25, -0.2) is 4.98 Å². The molecule has 17 heavy (non-hydrogen) atoms. The molecule has 4 nitrogen and oxygen atoms in total. The molecular weight excluding hydrogens is 234 g/mol. The van der Waals surface area contributed by atoms with E-state index in [1.807, 2.05) is 18.3 Å². The van der Waals surface area contributed by atoms with E-state index in [4.69, 9.17) is 9.68 Å². The zero-order valence-corrected chi connectivity index (χ0v) is 10.4. The fourth-order valence-electron chi connectivity index (χ4n) is 1.42. The average Bonchev–Trinajstić information content (AvgIpc) is 2.97. The van der Waals surface area contributed by atoms with Crippen LogP contribution in [0.15, 0.2) is 22.7 Å². The van der Waals surface area contributed by atoms with E-state index in [-0.39, 0.29) is 0 Å². The first-order chi connectivity index (χ1) is 8.31. The van der Waals surface area contributed by atoms with Crippen LogP contribution in [0.3, 0.4) is 0 Å². The Morgan fingerprint density at radius 1 is 1.47 bits per heavy atom. The van der Waals surface area contributed by atoms with Gasteiger partial charge in [0, 0.05) is 17.6 Å². The number of aromatic nitrogens is 1. The Bertz CT molecular complexity index is 524. The van der Waals surface area contributed by atoms with Crippen molar-refractivity contribution >= 4 is 11.3 Å². The lowest BCUT2D eigenvalue weighted by Crippen LogP contribution is -2.11. The fraction of sp³-hybridized carbons (Fsp3) is 0.333. The van der Waals surface area contributed by atoms with Crippen LogP contribution in [0.1, 0.15) is 28.3 Å². The van der Waals surface area contributed by atoms with Crippen LogP contribution in [-0.4, -0.2) is 4.98 Å². The van der Waals surface area contributed by atoms with Crippen molar-refractivity contribution in [1.29, 1.82) is 5.26 Å². The maximum atomic E-state index is 8.61. The third-order valence-electron chi connectivity index (χ3n) is 2.30. The van der Waals surface area contributed by atoms with Gasteiger partial charge < -0.3 is 9.73 Å². The highest BCUT2D eigenvalue weighted by Gasteiger charge is 2.02. The van der Waals surface area contributed by atoms with E-state index in [1.165, 1.54) is 4.88 Å². The van der Waals surface area contributed by atoms with Crippen molar-refractivity contribution in [1.82, 2.24) is 10.3 Å². The highest BCUT2D eigenvalue weighted by Crippen LogP contribution is 2.13. The lowest BCUT2D eigenvalue weighted by molar-refractivity contribution is 0.473. The van der Waals surface area contributed by atoms with Crippen molar-refractivity contribution < 1.29 is 4.42 Å². The molecule has 0 bridgehead atoms. The van der Waals surface area contributed by atoms with Crippen molar-refractivity contribution in [2.75, 3.05) is 0 Å². The van der Waals surface area contributed by atoms with Crippen LogP contribution in [-0.2, 0) is 19.5 Å². The summed E-state index contributed by atoms with van der Waals surface area (Å²) in [5.74, 6) is 1.12. The number of thiazole rings is 1. The molecule has 0 saturated carbocycles. The Hall–Kier alpha value is -1.64. The van der Waals surface area contributed by atoms with Crippen LogP contribution < -0.4 is 5.32 Å². The van der Waals surface area contributed by atoms with Crippen LogP contribution in [0.25, 0.3) is 0 Å². The Labute approximate surface area is 104 Å². The number of nitrogens with one attached hydrogen (secondary N) is 1. The molecule has 0 aliphatic carbocycles. The fourth-order valence-corrected chi connectivity index (χ4v) is 2.25. The summed E-state index contributed by atoms with van der Waals surface area (Å²) in [6, 6.07) is 5.45. The molecule has 1 N–H and O–H groups in total. The van der Waals surface area contributed by atoms with Gasteiger partial charge in [0.2, 0.25) is 5.76 Å². The number of hydrogen-bond donors (Lipinski definition) is 1. The van der Waals surface area contributed by atoms with E-state index < -0.39 is 0 Å². The van der Waals surface area contributed by atoms with Gasteiger partial charge in [0.15, 0.2) is 0 Å². The second kappa shape index (κ2) is 5.62. The summed E-state index contributed by atoms with van der Waals surface area (Å²) in [7, 11) is 0. The summed E-state index contributed by atoms with van der Waals surface area (Å²) < 4.78 is 5.26. The topological polar surface area (TPSA) is 61.9 Å². The molecule has 0 radical (unpaired) electrons. The van der Waals surface area contributed by atoms with Crippen LogP contribution >= 0.6 is 11.3 Å². The molecule has 0 spiro atoms. The van der Waals surface area contributed by atoms with Crippen molar-refractivity contribution in [3.05, 3.63) is 39.7 Å². The number of hydrogen-bond acceptors (Lipinski definition) is 5. The Balaban J connectivity index is 1.81. The first-order valence-corrected chi connectivity index (χ1v) is 6.26. The van der Waals surface area contributed by atoms with E-state index in [0.29, 0.717) is 12.3 Å². The van der Waals surface area contributed by atoms with Gasteiger partial charge in [0.25, 0.3) is 0 Å². The summed E-state index contributed by atoms with van der Waals surface area (Å²) in [5, 5.41) is 12.9. The third kappa shape index (κ3) is 3.16. The minimum atomic E-state index is 0.351. The number of rotatable bonds is 5. The van der Waals surface area contributed by atoms with Gasteiger partial charge in [-0.3, -0.25) is 0 Å². The molecule has 0 aromatic carbocycles. The molecule has 2 aromatic rings. The van der Waals surface area contributed by atoms with Gasteiger partial charge in [-0.2, -0.15) is 5.26 Å². The zero-order chi connectivity index (χ0) is 12.1. The largest absolute Gasteiger partial charge is 0.449 e. The minimum absolute atomic E-state index is 0.351. The molecule has 0 amide bonds. The maximum Gasteiger partial charge on any atom is 0.203 e. The standard InChI is InChI=1S/C12H13N3OS/c1-2-11-7-15-12(17-11)8-14-6-10-4-3-9(5-13)16-10/h3-4,7,14H,2,6,8H2,1H3. The molecule has 2 heterocycles. The molecule has 0 saturated heterocycles. The van der Waals surface area contributed by atoms with Crippen LogP contribution in [0, 0.1) is 11.3 Å². The molecule has 2 aromatic heterocycles. The van der Waals surface area contributed by atoms with Crippen molar-refractivity contribution in [3.8, 4) is 6.07 Å². The van der Waals surface area contributed by atoms with Gasteiger partial charge in [-0.15, -0.1) is 11.3 Å². The molecule has 0 atom stereocenters. The average molecular weight is 247 g/mol. The summed E-state index contributed by atoms with van der Waals surface area (Å²) in [4.78, 5) is 5.61. The van der Waals surface area contributed by atoms with E-state index in [9.17, 15) is 0 Å². The summed E-state index contributed by atoms with van der Waals surface area (Å²) in [6.07, 6.45) is 2.95. The van der Waals surface area contributed by atoms with Gasteiger partial charge in [0.1, 0.15) is 16.8 Å². The first kappa shape index (κ1) is 11.8. The second-order valence-corrected chi connectivity index (χ2v) is 4.75. The molecule has 5 heteroatoms. The van der Waals surface area contributed by atoms with Crippen LogP contribution in [0.5, 0.6) is 0 Å². The molecular formula is C12H13N3OS. The molecule has 0 aliphatic rings. The van der Waals surface area contributed by atoms with Crippen LogP contribution in [0.2, 0.25) is 0 Å². The lowest BCUT2D eigenvalue weighted by Gasteiger charge is -1.98. The molecule has 0 fully saturated rings. The van der Waals surface area contributed by atoms with E-state index in [0.717, 1.165) is 23.7 Å². The van der Waals surface area contributed by atoms with Crippen molar-refractivity contribution in [2.45, 2.75) is 26.4 Å². The monoisotopic (exact) mass is 247 g/mol. The maximum absolute atomic E-state index is 8.61. The van der Waals surface area contributed by atoms with Gasteiger partial charge in [-0.1, -0.05) is 6.92 Å². The van der Waals surface area contributed by atoms with E-state index in [2.05, 4.69) is 17.2 Å². The Morgan fingerprint density at radius 3 is 3.00 bits per heavy atom. The molecule has 0 aliphatic heterocycles. The highest BCUT2D eigenvalue weighted by molar-refractivity contribution is 7.11. The Morgan fingerprint density at radius 2 is 2.35 bits per heavy atom. The number of furan rings is 1. The number of nitrogens with zero attached hydrogens (tertiary/aromatic N) is 2. The van der Waals surface area contributed by atoms with E-state index in [1.54, 1.807) is 17.4 Å². The first-order valence-electron chi connectivity index (χ1n) is 5.45. The molecule has 88 valence electrons. The smallest absolute Gasteiger partial charge is 0.203 e. The predicted molar refractivity (Wildman–Crippen MR) is 65.5 cm³/mol. The minimum Gasteiger partial charge on any atom is -0.449 e. The third-order valence-corrected chi connectivity index (χ3v) is 3.44. The van der Waals surface area contributed by atoms with E-state index >= 15 is 0 Å². The number of aryl methyl sites for hydroxylation is 1. The van der Waals surface area contributed by atoms with Crippen molar-refractivity contribution in [2.24, 2.45) is 0 Å². The highest BCUT2D eigenvalue weighted by atomic mass is 32.1. The van der Waals surface area contributed by atoms with Gasteiger partial charge >= 0.3 is 0 Å². The zero-order valence-electron chi connectivity index (χ0n) is 9.56. The SMILES string of the molecule is CCc1cnc(CNCc2ccc(C#N)o2)s1.